The lowest BCUT2D eigenvalue weighted by molar-refractivity contribution is 0.174. The summed E-state index contributed by atoms with van der Waals surface area (Å²) < 4.78 is 10.8. The SMILES string of the molecule is Cc1cc2c(cc1NC(C)c1cccc(CO)c1)OCO2. The Labute approximate surface area is 124 Å². The van der Waals surface area contributed by atoms with Crippen molar-refractivity contribution in [3.05, 3.63) is 53.1 Å². The Balaban J connectivity index is 1.82. The van der Waals surface area contributed by atoms with E-state index in [0.29, 0.717) is 0 Å². The van der Waals surface area contributed by atoms with Gasteiger partial charge in [-0.3, -0.25) is 0 Å². The number of aryl methyl sites for hydroxylation is 1. The Morgan fingerprint density at radius 1 is 1.19 bits per heavy atom. The molecular weight excluding hydrogens is 266 g/mol. The van der Waals surface area contributed by atoms with Gasteiger partial charge in [0.05, 0.1) is 6.61 Å². The standard InChI is InChI=1S/C17H19NO3/c1-11-6-16-17(21-10-20-16)8-15(11)18-12(2)14-5-3-4-13(7-14)9-19/h3-8,12,18-19H,9-10H2,1-2H3. The van der Waals surface area contributed by atoms with Crippen molar-refractivity contribution in [2.75, 3.05) is 12.1 Å². The maximum atomic E-state index is 9.23. The number of hydrogen-bond acceptors (Lipinski definition) is 4. The van der Waals surface area contributed by atoms with Crippen LogP contribution in [-0.2, 0) is 6.61 Å². The second-order valence-electron chi connectivity index (χ2n) is 5.29. The predicted octanol–water partition coefficient (Wildman–Crippen LogP) is 3.39. The minimum Gasteiger partial charge on any atom is -0.454 e. The summed E-state index contributed by atoms with van der Waals surface area (Å²) >= 11 is 0. The molecule has 0 aromatic heterocycles. The van der Waals surface area contributed by atoms with E-state index >= 15 is 0 Å². The Morgan fingerprint density at radius 2 is 1.95 bits per heavy atom. The molecule has 3 rings (SSSR count). The van der Waals surface area contributed by atoms with Gasteiger partial charge >= 0.3 is 0 Å². The number of aliphatic hydroxyl groups is 1. The molecule has 0 spiro atoms. The summed E-state index contributed by atoms with van der Waals surface area (Å²) in [6.07, 6.45) is 0. The molecule has 0 aliphatic carbocycles. The maximum absolute atomic E-state index is 9.23. The monoisotopic (exact) mass is 285 g/mol. The largest absolute Gasteiger partial charge is 0.454 e. The molecule has 2 aromatic rings. The number of benzene rings is 2. The zero-order valence-electron chi connectivity index (χ0n) is 12.2. The van der Waals surface area contributed by atoms with Crippen LogP contribution in [0.15, 0.2) is 36.4 Å². The fourth-order valence-corrected chi connectivity index (χ4v) is 2.48. The van der Waals surface area contributed by atoms with Crippen molar-refractivity contribution in [3.8, 4) is 11.5 Å². The molecule has 21 heavy (non-hydrogen) atoms. The molecule has 2 aromatic carbocycles. The number of fused-ring (bicyclic) bond motifs is 1. The van der Waals surface area contributed by atoms with E-state index in [4.69, 9.17) is 9.47 Å². The van der Waals surface area contributed by atoms with Crippen molar-refractivity contribution in [1.29, 1.82) is 0 Å². The van der Waals surface area contributed by atoms with E-state index in [1.54, 1.807) is 0 Å². The lowest BCUT2D eigenvalue weighted by Gasteiger charge is -2.18. The average molecular weight is 285 g/mol. The smallest absolute Gasteiger partial charge is 0.231 e. The summed E-state index contributed by atoms with van der Waals surface area (Å²) in [4.78, 5) is 0. The number of anilines is 1. The Morgan fingerprint density at radius 3 is 2.71 bits per heavy atom. The Hall–Kier alpha value is -2.20. The minimum atomic E-state index is 0.0591. The first-order chi connectivity index (χ1) is 10.2. The molecule has 0 saturated carbocycles. The Bertz CT molecular complexity index is 654. The van der Waals surface area contributed by atoms with Gasteiger partial charge in [0.1, 0.15) is 0 Å². The highest BCUT2D eigenvalue weighted by Crippen LogP contribution is 2.37. The van der Waals surface area contributed by atoms with E-state index in [9.17, 15) is 5.11 Å². The molecule has 1 heterocycles. The van der Waals surface area contributed by atoms with Gasteiger partial charge in [0.15, 0.2) is 11.5 Å². The van der Waals surface area contributed by atoms with Gasteiger partial charge < -0.3 is 19.9 Å². The zero-order chi connectivity index (χ0) is 14.8. The molecule has 0 bridgehead atoms. The fourth-order valence-electron chi connectivity index (χ4n) is 2.48. The number of rotatable bonds is 4. The summed E-state index contributed by atoms with van der Waals surface area (Å²) in [5.41, 5.74) is 4.20. The normalized spacial score (nSPS) is 14.0. The van der Waals surface area contributed by atoms with Gasteiger partial charge in [-0.2, -0.15) is 0 Å². The third-order valence-corrected chi connectivity index (χ3v) is 3.73. The zero-order valence-corrected chi connectivity index (χ0v) is 12.2. The van der Waals surface area contributed by atoms with Crippen LogP contribution in [-0.4, -0.2) is 11.9 Å². The van der Waals surface area contributed by atoms with Crippen molar-refractivity contribution in [2.45, 2.75) is 26.5 Å². The highest BCUT2D eigenvalue weighted by atomic mass is 16.7. The van der Waals surface area contributed by atoms with E-state index in [-0.39, 0.29) is 19.4 Å². The molecule has 110 valence electrons. The molecule has 0 fully saturated rings. The van der Waals surface area contributed by atoms with E-state index in [0.717, 1.165) is 33.9 Å². The van der Waals surface area contributed by atoms with Gasteiger partial charge in [-0.05, 0) is 36.6 Å². The molecule has 1 aliphatic heterocycles. The van der Waals surface area contributed by atoms with Crippen LogP contribution < -0.4 is 14.8 Å². The maximum Gasteiger partial charge on any atom is 0.231 e. The topological polar surface area (TPSA) is 50.7 Å². The second-order valence-corrected chi connectivity index (χ2v) is 5.29. The van der Waals surface area contributed by atoms with Crippen LogP contribution in [0.3, 0.4) is 0 Å². The summed E-state index contributed by atoms with van der Waals surface area (Å²) in [5.74, 6) is 1.58. The third-order valence-electron chi connectivity index (χ3n) is 3.73. The van der Waals surface area contributed by atoms with Crippen LogP contribution in [0.5, 0.6) is 11.5 Å². The molecule has 2 N–H and O–H groups in total. The van der Waals surface area contributed by atoms with Crippen LogP contribution in [0.1, 0.15) is 29.7 Å². The molecule has 1 atom stereocenters. The lowest BCUT2D eigenvalue weighted by atomic mass is 10.0. The molecule has 4 nitrogen and oxygen atoms in total. The van der Waals surface area contributed by atoms with Gasteiger partial charge in [-0.15, -0.1) is 0 Å². The summed E-state index contributed by atoms with van der Waals surface area (Å²) in [5, 5.41) is 12.7. The van der Waals surface area contributed by atoms with Crippen molar-refractivity contribution < 1.29 is 14.6 Å². The van der Waals surface area contributed by atoms with E-state index in [2.05, 4.69) is 18.3 Å². The molecule has 1 aliphatic rings. The van der Waals surface area contributed by atoms with Gasteiger partial charge in [0.25, 0.3) is 0 Å². The van der Waals surface area contributed by atoms with E-state index < -0.39 is 0 Å². The molecule has 1 unspecified atom stereocenters. The van der Waals surface area contributed by atoms with Crippen LogP contribution in [0.25, 0.3) is 0 Å². The number of hydrogen-bond donors (Lipinski definition) is 2. The van der Waals surface area contributed by atoms with Crippen molar-refractivity contribution >= 4 is 5.69 Å². The average Bonchev–Trinajstić information content (AvgIpc) is 2.94. The second kappa shape index (κ2) is 5.66. The first kappa shape index (κ1) is 13.8. The number of ether oxygens (including phenoxy) is 2. The number of nitrogens with one attached hydrogen (secondary N) is 1. The van der Waals surface area contributed by atoms with Gasteiger partial charge in [-0.1, -0.05) is 24.3 Å². The predicted molar refractivity (Wildman–Crippen MR) is 81.7 cm³/mol. The van der Waals surface area contributed by atoms with Gasteiger partial charge in [0, 0.05) is 17.8 Å². The van der Waals surface area contributed by atoms with Gasteiger partial charge in [0.2, 0.25) is 6.79 Å². The molecule has 4 heteroatoms. The summed E-state index contributed by atoms with van der Waals surface area (Å²) in [7, 11) is 0. The van der Waals surface area contributed by atoms with Crippen LogP contribution in [0.4, 0.5) is 5.69 Å². The van der Waals surface area contributed by atoms with E-state index in [1.165, 1.54) is 0 Å². The lowest BCUT2D eigenvalue weighted by Crippen LogP contribution is -2.08. The van der Waals surface area contributed by atoms with Crippen molar-refractivity contribution in [1.82, 2.24) is 0 Å². The van der Waals surface area contributed by atoms with E-state index in [1.807, 2.05) is 37.3 Å². The first-order valence-corrected chi connectivity index (χ1v) is 7.04. The molecule has 0 amide bonds. The fraction of sp³-hybridized carbons (Fsp3) is 0.294. The third kappa shape index (κ3) is 2.81. The summed E-state index contributed by atoms with van der Waals surface area (Å²) in [6.45, 7) is 4.48. The highest BCUT2D eigenvalue weighted by molar-refractivity contribution is 5.61. The minimum absolute atomic E-state index is 0.0591. The molecule has 0 saturated heterocycles. The highest BCUT2D eigenvalue weighted by Gasteiger charge is 2.16. The molecular formula is C17H19NO3. The van der Waals surface area contributed by atoms with Crippen molar-refractivity contribution in [3.63, 3.8) is 0 Å². The summed E-state index contributed by atoms with van der Waals surface area (Å²) in [6, 6.07) is 12.0. The number of aliphatic hydroxyl groups excluding tert-OH is 1. The van der Waals surface area contributed by atoms with Crippen LogP contribution in [0.2, 0.25) is 0 Å². The van der Waals surface area contributed by atoms with Crippen LogP contribution in [0, 0.1) is 6.92 Å². The Kier molecular flexibility index (Phi) is 3.71. The molecule has 0 radical (unpaired) electrons. The van der Waals surface area contributed by atoms with Crippen LogP contribution >= 0.6 is 0 Å². The first-order valence-electron chi connectivity index (χ1n) is 7.04. The van der Waals surface area contributed by atoms with Crippen molar-refractivity contribution in [2.24, 2.45) is 0 Å². The quantitative estimate of drug-likeness (QED) is 0.904. The van der Waals surface area contributed by atoms with Gasteiger partial charge in [-0.25, -0.2) is 0 Å².